The second-order valence-electron chi connectivity index (χ2n) is 5.93. The van der Waals surface area contributed by atoms with Gasteiger partial charge in [0, 0.05) is 6.20 Å². The molecule has 0 unspecified atom stereocenters. The standard InChI is InChI=1S/C20H17N5O2S/c26-18(22-16-8-4-10-21-12-16)14-28-20-24-23-19(17-9-5-11-27-17)25(20)13-15-6-2-1-3-7-15/h1-12H,13-14H2,(H,22,26). The van der Waals surface area contributed by atoms with Crippen LogP contribution >= 0.6 is 11.8 Å². The molecule has 3 aromatic heterocycles. The Morgan fingerprint density at radius 1 is 1.07 bits per heavy atom. The Labute approximate surface area is 165 Å². The van der Waals surface area contributed by atoms with Crippen LogP contribution in [-0.2, 0) is 11.3 Å². The number of nitrogens with zero attached hydrogens (tertiary/aromatic N) is 4. The van der Waals surface area contributed by atoms with Crippen molar-refractivity contribution in [2.45, 2.75) is 11.7 Å². The van der Waals surface area contributed by atoms with Crippen LogP contribution in [0.2, 0.25) is 0 Å². The third-order valence-electron chi connectivity index (χ3n) is 3.92. The summed E-state index contributed by atoms with van der Waals surface area (Å²) in [7, 11) is 0. The quantitative estimate of drug-likeness (QED) is 0.483. The SMILES string of the molecule is O=C(CSc1nnc(-c2ccco2)n1Cc1ccccc1)Nc1cccnc1. The lowest BCUT2D eigenvalue weighted by Gasteiger charge is -2.09. The molecule has 0 aliphatic rings. The van der Waals surface area contributed by atoms with Crippen molar-refractivity contribution in [1.82, 2.24) is 19.7 Å². The number of aromatic nitrogens is 4. The van der Waals surface area contributed by atoms with Crippen molar-refractivity contribution < 1.29 is 9.21 Å². The first-order valence-electron chi connectivity index (χ1n) is 8.63. The zero-order valence-electron chi connectivity index (χ0n) is 14.9. The average Bonchev–Trinajstić information content (AvgIpc) is 3.38. The van der Waals surface area contributed by atoms with E-state index in [-0.39, 0.29) is 11.7 Å². The second-order valence-corrected chi connectivity index (χ2v) is 6.88. The lowest BCUT2D eigenvalue weighted by molar-refractivity contribution is -0.113. The van der Waals surface area contributed by atoms with Crippen LogP contribution in [0.4, 0.5) is 5.69 Å². The third-order valence-corrected chi connectivity index (χ3v) is 4.89. The molecule has 0 aliphatic carbocycles. The van der Waals surface area contributed by atoms with Crippen LogP contribution in [0.3, 0.4) is 0 Å². The van der Waals surface area contributed by atoms with Crippen LogP contribution in [0.1, 0.15) is 5.56 Å². The van der Waals surface area contributed by atoms with Gasteiger partial charge in [0.05, 0.1) is 30.4 Å². The molecule has 0 aliphatic heterocycles. The van der Waals surface area contributed by atoms with Crippen LogP contribution in [0.25, 0.3) is 11.6 Å². The van der Waals surface area contributed by atoms with E-state index in [1.54, 1.807) is 30.8 Å². The molecule has 4 rings (SSSR count). The predicted molar refractivity (Wildman–Crippen MR) is 107 cm³/mol. The summed E-state index contributed by atoms with van der Waals surface area (Å²) >= 11 is 1.33. The summed E-state index contributed by atoms with van der Waals surface area (Å²) < 4.78 is 7.45. The minimum atomic E-state index is -0.133. The van der Waals surface area contributed by atoms with Crippen molar-refractivity contribution in [3.8, 4) is 11.6 Å². The van der Waals surface area contributed by atoms with Crippen molar-refractivity contribution in [3.63, 3.8) is 0 Å². The molecule has 0 bridgehead atoms. The molecule has 0 saturated carbocycles. The van der Waals surface area contributed by atoms with E-state index < -0.39 is 0 Å². The van der Waals surface area contributed by atoms with Crippen molar-refractivity contribution in [3.05, 3.63) is 78.8 Å². The third kappa shape index (κ3) is 4.29. The van der Waals surface area contributed by atoms with Gasteiger partial charge in [-0.05, 0) is 29.8 Å². The summed E-state index contributed by atoms with van der Waals surface area (Å²) in [6.07, 6.45) is 4.87. The molecule has 1 amide bonds. The first-order valence-corrected chi connectivity index (χ1v) is 9.62. The Hall–Kier alpha value is -3.39. The molecular weight excluding hydrogens is 374 g/mol. The number of carbonyl (C=O) groups excluding carboxylic acids is 1. The molecule has 3 heterocycles. The molecular formula is C20H17N5O2S. The maximum Gasteiger partial charge on any atom is 0.234 e. The fourth-order valence-electron chi connectivity index (χ4n) is 2.66. The van der Waals surface area contributed by atoms with Crippen LogP contribution < -0.4 is 5.32 Å². The Balaban J connectivity index is 1.52. The highest BCUT2D eigenvalue weighted by Crippen LogP contribution is 2.25. The Kier molecular flexibility index (Phi) is 5.48. The summed E-state index contributed by atoms with van der Waals surface area (Å²) in [6.45, 7) is 0.580. The fraction of sp³-hybridized carbons (Fsp3) is 0.100. The highest BCUT2D eigenvalue weighted by molar-refractivity contribution is 7.99. The number of benzene rings is 1. The van der Waals surface area contributed by atoms with E-state index in [9.17, 15) is 4.79 Å². The van der Waals surface area contributed by atoms with Crippen molar-refractivity contribution in [2.75, 3.05) is 11.1 Å². The molecule has 0 saturated heterocycles. The Morgan fingerprint density at radius 3 is 2.71 bits per heavy atom. The smallest absolute Gasteiger partial charge is 0.234 e. The summed E-state index contributed by atoms with van der Waals surface area (Å²) in [5.74, 6) is 1.34. The number of pyridine rings is 1. The fourth-order valence-corrected chi connectivity index (χ4v) is 3.39. The largest absolute Gasteiger partial charge is 0.461 e. The zero-order valence-corrected chi connectivity index (χ0v) is 15.7. The van der Waals surface area contributed by atoms with Crippen LogP contribution in [0, 0.1) is 0 Å². The van der Waals surface area contributed by atoms with E-state index in [2.05, 4.69) is 20.5 Å². The second kappa shape index (κ2) is 8.53. The molecule has 0 atom stereocenters. The monoisotopic (exact) mass is 391 g/mol. The maximum absolute atomic E-state index is 12.3. The van der Waals surface area contributed by atoms with E-state index >= 15 is 0 Å². The van der Waals surface area contributed by atoms with Crippen molar-refractivity contribution in [2.24, 2.45) is 0 Å². The minimum absolute atomic E-state index is 0.133. The lowest BCUT2D eigenvalue weighted by atomic mass is 10.2. The first kappa shape index (κ1) is 18.0. The molecule has 28 heavy (non-hydrogen) atoms. The van der Waals surface area contributed by atoms with Gasteiger partial charge in [0.1, 0.15) is 0 Å². The number of anilines is 1. The van der Waals surface area contributed by atoms with E-state index in [1.807, 2.05) is 47.0 Å². The van der Waals surface area contributed by atoms with Gasteiger partial charge >= 0.3 is 0 Å². The summed E-state index contributed by atoms with van der Waals surface area (Å²) in [6, 6.07) is 17.2. The minimum Gasteiger partial charge on any atom is -0.461 e. The molecule has 4 aromatic rings. The molecule has 140 valence electrons. The van der Waals surface area contributed by atoms with Crippen LogP contribution in [0.5, 0.6) is 0 Å². The van der Waals surface area contributed by atoms with E-state index in [0.29, 0.717) is 29.0 Å². The summed E-state index contributed by atoms with van der Waals surface area (Å²) in [4.78, 5) is 16.2. The van der Waals surface area contributed by atoms with Crippen LogP contribution in [0.15, 0.2) is 82.8 Å². The van der Waals surface area contributed by atoms with Crippen LogP contribution in [-0.4, -0.2) is 31.4 Å². The van der Waals surface area contributed by atoms with Gasteiger partial charge in [0.2, 0.25) is 11.7 Å². The normalized spacial score (nSPS) is 10.7. The molecule has 0 spiro atoms. The highest BCUT2D eigenvalue weighted by atomic mass is 32.2. The summed E-state index contributed by atoms with van der Waals surface area (Å²) in [5.41, 5.74) is 1.77. The number of carbonyl (C=O) groups is 1. The number of amides is 1. The average molecular weight is 391 g/mol. The number of furan rings is 1. The molecule has 0 radical (unpaired) electrons. The molecule has 0 fully saturated rings. The Morgan fingerprint density at radius 2 is 1.96 bits per heavy atom. The van der Waals surface area contributed by atoms with Gasteiger partial charge in [-0.1, -0.05) is 42.1 Å². The maximum atomic E-state index is 12.3. The van der Waals surface area contributed by atoms with E-state index in [1.165, 1.54) is 11.8 Å². The van der Waals surface area contributed by atoms with E-state index in [0.717, 1.165) is 5.56 Å². The van der Waals surface area contributed by atoms with Gasteiger partial charge in [-0.25, -0.2) is 0 Å². The number of nitrogens with one attached hydrogen (secondary N) is 1. The molecule has 1 N–H and O–H groups in total. The topological polar surface area (TPSA) is 85.8 Å². The van der Waals surface area contributed by atoms with Gasteiger partial charge in [-0.2, -0.15) is 0 Å². The van der Waals surface area contributed by atoms with Gasteiger partial charge < -0.3 is 9.73 Å². The zero-order chi connectivity index (χ0) is 19.2. The van der Waals surface area contributed by atoms with E-state index in [4.69, 9.17) is 4.42 Å². The van der Waals surface area contributed by atoms with Gasteiger partial charge in [-0.3, -0.25) is 14.3 Å². The molecule has 7 nitrogen and oxygen atoms in total. The van der Waals surface area contributed by atoms with Gasteiger partial charge in [0.15, 0.2) is 10.9 Å². The predicted octanol–water partition coefficient (Wildman–Crippen LogP) is 3.71. The highest BCUT2D eigenvalue weighted by Gasteiger charge is 2.17. The van der Waals surface area contributed by atoms with Gasteiger partial charge in [-0.15, -0.1) is 10.2 Å². The first-order chi connectivity index (χ1) is 13.8. The number of hydrogen-bond acceptors (Lipinski definition) is 6. The van der Waals surface area contributed by atoms with Crippen molar-refractivity contribution >= 4 is 23.4 Å². The number of thioether (sulfide) groups is 1. The number of hydrogen-bond donors (Lipinski definition) is 1. The number of rotatable bonds is 7. The van der Waals surface area contributed by atoms with Gasteiger partial charge in [0.25, 0.3) is 0 Å². The lowest BCUT2D eigenvalue weighted by Crippen LogP contribution is -2.15. The molecule has 8 heteroatoms. The summed E-state index contributed by atoms with van der Waals surface area (Å²) in [5, 5.41) is 12.0. The Bertz CT molecular complexity index is 1030. The molecule has 1 aromatic carbocycles. The van der Waals surface area contributed by atoms with Crippen molar-refractivity contribution in [1.29, 1.82) is 0 Å².